The Balaban J connectivity index is 1.19. The van der Waals surface area contributed by atoms with Gasteiger partial charge >= 0.3 is 0 Å². The molecule has 0 saturated heterocycles. The van der Waals surface area contributed by atoms with Crippen LogP contribution in [0.4, 0.5) is 17.1 Å². The lowest BCUT2D eigenvalue weighted by molar-refractivity contribution is 0.660. The quantitative estimate of drug-likeness (QED) is 0.171. The Morgan fingerprint density at radius 3 is 1.39 bits per heavy atom. The molecular weight excluding hydrogens is 675 g/mol. The summed E-state index contributed by atoms with van der Waals surface area (Å²) in [6.45, 7) is 9.31. The summed E-state index contributed by atoms with van der Waals surface area (Å²) in [7, 11) is 0. The molecule has 3 aliphatic carbocycles. The van der Waals surface area contributed by atoms with E-state index >= 15 is 0 Å². The number of hydrogen-bond donors (Lipinski definition) is 0. The summed E-state index contributed by atoms with van der Waals surface area (Å²) in [5.74, 6) is 0.436. The summed E-state index contributed by atoms with van der Waals surface area (Å²) < 4.78 is 0. The van der Waals surface area contributed by atoms with E-state index in [1.807, 2.05) is 0 Å². The van der Waals surface area contributed by atoms with E-state index in [1.54, 1.807) is 0 Å². The summed E-state index contributed by atoms with van der Waals surface area (Å²) in [5.41, 5.74) is 22.8. The Bertz CT molecular complexity index is 2820. The first-order chi connectivity index (χ1) is 27.4. The van der Waals surface area contributed by atoms with Crippen LogP contribution in [0.15, 0.2) is 182 Å². The van der Waals surface area contributed by atoms with Gasteiger partial charge in [-0.15, -0.1) is 0 Å². The van der Waals surface area contributed by atoms with Gasteiger partial charge in [0.1, 0.15) is 0 Å². The molecule has 0 aliphatic heterocycles. The second kappa shape index (κ2) is 12.0. The topological polar surface area (TPSA) is 3.24 Å². The lowest BCUT2D eigenvalue weighted by Gasteiger charge is -2.33. The second-order valence-corrected chi connectivity index (χ2v) is 16.6. The van der Waals surface area contributed by atoms with Crippen molar-refractivity contribution >= 4 is 17.1 Å². The molecule has 1 nitrogen and oxygen atoms in total. The Labute approximate surface area is 330 Å². The van der Waals surface area contributed by atoms with Gasteiger partial charge in [0.2, 0.25) is 0 Å². The lowest BCUT2D eigenvalue weighted by Crippen LogP contribution is -2.26. The molecule has 0 saturated carbocycles. The third-order valence-electron chi connectivity index (χ3n) is 13.1. The van der Waals surface area contributed by atoms with Crippen molar-refractivity contribution in [2.75, 3.05) is 4.90 Å². The maximum atomic E-state index is 2.53. The minimum atomic E-state index is -0.423. The zero-order valence-corrected chi connectivity index (χ0v) is 32.3. The fourth-order valence-electron chi connectivity index (χ4n) is 10.5. The van der Waals surface area contributed by atoms with Gasteiger partial charge in [-0.3, -0.25) is 0 Å². The van der Waals surface area contributed by atoms with E-state index in [2.05, 4.69) is 215 Å². The number of para-hydroxylation sites is 1. The minimum absolute atomic E-state index is 0.125. The summed E-state index contributed by atoms with van der Waals surface area (Å²) >= 11 is 0. The lowest BCUT2D eigenvalue weighted by atomic mass is 9.70. The van der Waals surface area contributed by atoms with Gasteiger partial charge in [-0.1, -0.05) is 179 Å². The Hall–Kier alpha value is -6.44. The van der Waals surface area contributed by atoms with Crippen molar-refractivity contribution < 1.29 is 0 Å². The van der Waals surface area contributed by atoms with Crippen LogP contribution >= 0.6 is 0 Å². The fourth-order valence-corrected chi connectivity index (χ4v) is 10.5. The first-order valence-corrected chi connectivity index (χ1v) is 20.0. The van der Waals surface area contributed by atoms with E-state index in [0.29, 0.717) is 5.92 Å². The van der Waals surface area contributed by atoms with Gasteiger partial charge in [-0.05, 0) is 114 Å². The predicted octanol–water partition coefficient (Wildman–Crippen LogP) is 14.6. The molecule has 0 N–H and O–H groups in total. The van der Waals surface area contributed by atoms with Crippen molar-refractivity contribution in [1.29, 1.82) is 0 Å². The summed E-state index contributed by atoms with van der Waals surface area (Å²) in [6, 6.07) is 68.7. The molecule has 11 rings (SSSR count). The molecule has 0 heterocycles. The largest absolute Gasteiger partial charge is 0.310 e. The van der Waals surface area contributed by atoms with E-state index in [9.17, 15) is 0 Å². The van der Waals surface area contributed by atoms with Gasteiger partial charge in [-0.2, -0.15) is 0 Å². The maximum Gasteiger partial charge on any atom is 0.0726 e. The number of rotatable bonds is 5. The van der Waals surface area contributed by atoms with Crippen LogP contribution in [0.2, 0.25) is 0 Å². The SMILES string of the molecule is CC(C)c1cccc(-c2ccccc2N(c2ccc3c(c2)C(C)(C)c2ccccc2-3)c2ccc3c(c2)C2(c4ccccc4-c4ccccc42)c2ccccc2-3)c1. The van der Waals surface area contributed by atoms with Crippen LogP contribution in [0.3, 0.4) is 0 Å². The maximum absolute atomic E-state index is 2.53. The van der Waals surface area contributed by atoms with Crippen molar-refractivity contribution in [3.63, 3.8) is 0 Å². The molecule has 1 spiro atoms. The molecule has 0 unspecified atom stereocenters. The van der Waals surface area contributed by atoms with Gasteiger partial charge in [-0.25, -0.2) is 0 Å². The Kier molecular flexibility index (Phi) is 7.08. The highest BCUT2D eigenvalue weighted by atomic mass is 15.1. The summed E-state index contributed by atoms with van der Waals surface area (Å²) in [6.07, 6.45) is 0. The molecule has 0 aromatic heterocycles. The third-order valence-corrected chi connectivity index (χ3v) is 13.1. The smallest absolute Gasteiger partial charge is 0.0726 e. The second-order valence-electron chi connectivity index (χ2n) is 16.6. The van der Waals surface area contributed by atoms with Crippen LogP contribution < -0.4 is 4.90 Å². The molecule has 0 fully saturated rings. The number of benzene rings is 8. The Morgan fingerprint density at radius 2 is 0.821 bits per heavy atom. The van der Waals surface area contributed by atoms with Crippen LogP contribution in [-0.2, 0) is 10.8 Å². The van der Waals surface area contributed by atoms with Crippen LogP contribution in [0, 0.1) is 0 Å². The van der Waals surface area contributed by atoms with Crippen molar-refractivity contribution in [3.8, 4) is 44.5 Å². The first-order valence-electron chi connectivity index (χ1n) is 20.0. The summed E-state index contributed by atoms with van der Waals surface area (Å²) in [4.78, 5) is 2.53. The molecule has 0 atom stereocenters. The highest BCUT2D eigenvalue weighted by Gasteiger charge is 2.51. The fraction of sp³-hybridized carbons (Fsp3) is 0.127. The van der Waals surface area contributed by atoms with Crippen molar-refractivity contribution in [2.24, 2.45) is 0 Å². The zero-order chi connectivity index (χ0) is 37.8. The molecule has 0 amide bonds. The number of hydrogen-bond acceptors (Lipinski definition) is 1. The monoisotopic (exact) mass is 717 g/mol. The van der Waals surface area contributed by atoms with E-state index in [1.165, 1.54) is 89.1 Å². The molecule has 8 aromatic rings. The van der Waals surface area contributed by atoms with Crippen molar-refractivity contribution in [2.45, 2.75) is 44.4 Å². The van der Waals surface area contributed by atoms with Crippen molar-refractivity contribution in [3.05, 3.63) is 221 Å². The molecule has 1 heteroatoms. The average Bonchev–Trinajstić information content (AvgIpc) is 3.80. The molecular formula is C55H43N. The van der Waals surface area contributed by atoms with Crippen LogP contribution in [0.1, 0.15) is 72.6 Å². The molecule has 0 bridgehead atoms. The molecule has 268 valence electrons. The van der Waals surface area contributed by atoms with Gasteiger partial charge in [0.25, 0.3) is 0 Å². The molecule has 3 aliphatic rings. The standard InChI is InChI=1S/C55H43N/c1-35(2)36-16-15-17-37(32-36)40-18-9-14-27-53(40)56(38-28-30-45-41-19-5-10-23-47(41)54(3,4)51(45)33-38)39-29-31-46-44-22-8-13-26-50(44)55(52(46)34-39)48-24-11-6-20-42(48)43-21-7-12-25-49(43)55/h5-35H,1-4H3. The van der Waals surface area contributed by atoms with Crippen LogP contribution in [-0.4, -0.2) is 0 Å². The van der Waals surface area contributed by atoms with Gasteiger partial charge < -0.3 is 4.90 Å². The molecule has 56 heavy (non-hydrogen) atoms. The zero-order valence-electron chi connectivity index (χ0n) is 32.3. The van der Waals surface area contributed by atoms with Crippen LogP contribution in [0.25, 0.3) is 44.5 Å². The van der Waals surface area contributed by atoms with Gasteiger partial charge in [0.05, 0.1) is 11.1 Å². The highest BCUT2D eigenvalue weighted by Crippen LogP contribution is 2.63. The van der Waals surface area contributed by atoms with E-state index in [-0.39, 0.29) is 5.41 Å². The first kappa shape index (κ1) is 32.9. The molecule has 8 aromatic carbocycles. The van der Waals surface area contributed by atoms with E-state index in [4.69, 9.17) is 0 Å². The van der Waals surface area contributed by atoms with Gasteiger partial charge in [0, 0.05) is 22.4 Å². The van der Waals surface area contributed by atoms with E-state index < -0.39 is 5.41 Å². The Morgan fingerprint density at radius 1 is 0.375 bits per heavy atom. The highest BCUT2D eigenvalue weighted by molar-refractivity contribution is 5.97. The third kappa shape index (κ3) is 4.43. The van der Waals surface area contributed by atoms with Gasteiger partial charge in [0.15, 0.2) is 0 Å². The number of anilines is 3. The average molecular weight is 718 g/mol. The normalized spacial score (nSPS) is 14.5. The van der Waals surface area contributed by atoms with Crippen LogP contribution in [0.5, 0.6) is 0 Å². The summed E-state index contributed by atoms with van der Waals surface area (Å²) in [5, 5.41) is 0. The minimum Gasteiger partial charge on any atom is -0.310 e. The number of fused-ring (bicyclic) bond motifs is 13. The predicted molar refractivity (Wildman–Crippen MR) is 235 cm³/mol. The molecule has 0 radical (unpaired) electrons. The van der Waals surface area contributed by atoms with Crippen molar-refractivity contribution in [1.82, 2.24) is 0 Å². The number of nitrogens with zero attached hydrogens (tertiary/aromatic N) is 1. The van der Waals surface area contributed by atoms with E-state index in [0.717, 1.165) is 11.4 Å².